The predicted molar refractivity (Wildman–Crippen MR) is 79.3 cm³/mol. The monoisotopic (exact) mass is 350 g/mol. The summed E-state index contributed by atoms with van der Waals surface area (Å²) in [5.41, 5.74) is -0.738. The van der Waals surface area contributed by atoms with Crippen molar-refractivity contribution >= 4 is 21.6 Å². The largest absolute Gasteiger partial charge is 0.416 e. The van der Waals surface area contributed by atoms with E-state index in [9.17, 15) is 26.4 Å². The quantitative estimate of drug-likeness (QED) is 0.907. The molecule has 0 radical (unpaired) electrons. The minimum absolute atomic E-state index is 0.106. The van der Waals surface area contributed by atoms with E-state index in [0.29, 0.717) is 13.1 Å². The molecule has 0 aliphatic carbocycles. The van der Waals surface area contributed by atoms with Gasteiger partial charge in [0.2, 0.25) is 15.9 Å². The number of sulfonamides is 1. The number of hydrogen-bond acceptors (Lipinski definition) is 3. The summed E-state index contributed by atoms with van der Waals surface area (Å²) in [6.45, 7) is 3.30. The maximum absolute atomic E-state index is 12.5. The van der Waals surface area contributed by atoms with E-state index >= 15 is 0 Å². The normalized spacial score (nSPS) is 16.7. The molecule has 1 aromatic carbocycles. The number of benzene rings is 1. The number of carbonyl (C=O) groups is 1. The van der Waals surface area contributed by atoms with Gasteiger partial charge in [-0.05, 0) is 44.5 Å². The zero-order valence-corrected chi connectivity index (χ0v) is 13.5. The summed E-state index contributed by atoms with van der Waals surface area (Å²) in [5, 5.41) is 2.36. The van der Waals surface area contributed by atoms with Crippen molar-refractivity contribution in [3.05, 3.63) is 29.8 Å². The van der Waals surface area contributed by atoms with E-state index in [1.54, 1.807) is 0 Å². The number of hydrogen-bond donors (Lipinski definition) is 1. The fraction of sp³-hybridized carbons (Fsp3) is 0.500. The molecule has 1 heterocycles. The van der Waals surface area contributed by atoms with Crippen LogP contribution in [0.15, 0.2) is 24.3 Å². The first kappa shape index (κ1) is 17.7. The third-order valence-electron chi connectivity index (χ3n) is 3.82. The SMILES string of the molecule is CC(C)(C(=O)Nc1ccc(C(F)(F)F)cc1)S(=O)(=O)N1CCC1. The van der Waals surface area contributed by atoms with Crippen LogP contribution in [0.1, 0.15) is 25.8 Å². The van der Waals surface area contributed by atoms with Gasteiger partial charge in [0.15, 0.2) is 4.75 Å². The van der Waals surface area contributed by atoms with Crippen molar-refractivity contribution in [2.45, 2.75) is 31.2 Å². The highest BCUT2D eigenvalue weighted by atomic mass is 32.2. The van der Waals surface area contributed by atoms with Gasteiger partial charge in [-0.15, -0.1) is 0 Å². The van der Waals surface area contributed by atoms with E-state index in [0.717, 1.165) is 30.7 Å². The predicted octanol–water partition coefficient (Wildman–Crippen LogP) is 2.46. The summed E-state index contributed by atoms with van der Waals surface area (Å²) in [7, 11) is -3.81. The number of halogens is 3. The number of nitrogens with one attached hydrogen (secondary N) is 1. The van der Waals surface area contributed by atoms with E-state index in [-0.39, 0.29) is 5.69 Å². The molecule has 0 saturated carbocycles. The van der Waals surface area contributed by atoms with Gasteiger partial charge in [-0.2, -0.15) is 13.2 Å². The van der Waals surface area contributed by atoms with E-state index in [1.165, 1.54) is 18.2 Å². The van der Waals surface area contributed by atoms with E-state index in [1.807, 2.05) is 0 Å². The molecule has 1 saturated heterocycles. The Hall–Kier alpha value is -1.61. The summed E-state index contributed by atoms with van der Waals surface area (Å²) >= 11 is 0. The molecule has 128 valence electrons. The summed E-state index contributed by atoms with van der Waals surface area (Å²) < 4.78 is 61.7. The van der Waals surface area contributed by atoms with E-state index in [4.69, 9.17) is 0 Å². The summed E-state index contributed by atoms with van der Waals surface area (Å²) in [4.78, 5) is 12.3. The van der Waals surface area contributed by atoms with Crippen molar-refractivity contribution in [1.82, 2.24) is 4.31 Å². The van der Waals surface area contributed by atoms with Crippen molar-refractivity contribution in [1.29, 1.82) is 0 Å². The first-order chi connectivity index (χ1) is 10.5. The molecule has 0 bridgehead atoms. The molecule has 1 aromatic rings. The fourth-order valence-corrected chi connectivity index (χ4v) is 3.66. The zero-order valence-electron chi connectivity index (χ0n) is 12.6. The second kappa shape index (κ2) is 5.79. The highest BCUT2D eigenvalue weighted by Crippen LogP contribution is 2.30. The van der Waals surface area contributed by atoms with Crippen LogP contribution in [0.2, 0.25) is 0 Å². The lowest BCUT2D eigenvalue weighted by molar-refractivity contribution is -0.137. The second-order valence-electron chi connectivity index (χ2n) is 5.80. The Kier molecular flexibility index (Phi) is 4.46. The molecule has 1 N–H and O–H groups in total. The first-order valence-corrected chi connectivity index (χ1v) is 8.38. The zero-order chi connectivity index (χ0) is 17.5. The number of rotatable bonds is 4. The maximum Gasteiger partial charge on any atom is 0.416 e. The van der Waals surface area contributed by atoms with Crippen LogP contribution < -0.4 is 5.32 Å². The van der Waals surface area contributed by atoms with Gasteiger partial charge in [-0.3, -0.25) is 4.79 Å². The Morgan fingerprint density at radius 2 is 1.65 bits per heavy atom. The van der Waals surface area contributed by atoms with Crippen LogP contribution in [0.3, 0.4) is 0 Å². The average molecular weight is 350 g/mol. The van der Waals surface area contributed by atoms with Gasteiger partial charge in [-0.25, -0.2) is 12.7 Å². The van der Waals surface area contributed by atoms with Gasteiger partial charge >= 0.3 is 6.18 Å². The number of carbonyl (C=O) groups excluding carboxylic acids is 1. The molecule has 2 rings (SSSR count). The number of amides is 1. The minimum Gasteiger partial charge on any atom is -0.325 e. The highest BCUT2D eigenvalue weighted by Gasteiger charge is 2.47. The third kappa shape index (κ3) is 3.35. The lowest BCUT2D eigenvalue weighted by Crippen LogP contribution is -2.55. The molecule has 1 amide bonds. The van der Waals surface area contributed by atoms with Gasteiger partial charge in [0.25, 0.3) is 0 Å². The van der Waals surface area contributed by atoms with Crippen LogP contribution in [0.4, 0.5) is 18.9 Å². The maximum atomic E-state index is 12.5. The molecular formula is C14H17F3N2O3S. The molecule has 1 fully saturated rings. The Morgan fingerprint density at radius 1 is 1.13 bits per heavy atom. The molecule has 9 heteroatoms. The number of anilines is 1. The van der Waals surface area contributed by atoms with Gasteiger partial charge in [0.05, 0.1) is 5.56 Å². The molecule has 1 aliphatic rings. The standard InChI is InChI=1S/C14H17F3N2O3S/c1-13(2,23(21,22)19-8-3-9-19)12(20)18-11-6-4-10(5-7-11)14(15,16)17/h4-7H,3,8-9H2,1-2H3,(H,18,20). The van der Waals surface area contributed by atoms with Crippen LogP contribution in [-0.2, 0) is 21.0 Å². The Labute approximate surface area is 132 Å². The number of alkyl halides is 3. The van der Waals surface area contributed by atoms with Gasteiger partial charge < -0.3 is 5.32 Å². The topological polar surface area (TPSA) is 66.5 Å². The van der Waals surface area contributed by atoms with Crippen molar-refractivity contribution in [2.75, 3.05) is 18.4 Å². The lowest BCUT2D eigenvalue weighted by Gasteiger charge is -2.36. The lowest BCUT2D eigenvalue weighted by atomic mass is 10.1. The Balaban J connectivity index is 2.14. The molecule has 1 aliphatic heterocycles. The number of nitrogens with zero attached hydrogens (tertiary/aromatic N) is 1. The van der Waals surface area contributed by atoms with Gasteiger partial charge in [0.1, 0.15) is 0 Å². The Bertz CT molecular complexity index is 693. The third-order valence-corrected chi connectivity index (χ3v) is 6.34. The van der Waals surface area contributed by atoms with E-state index < -0.39 is 32.4 Å². The fourth-order valence-electron chi connectivity index (χ4n) is 1.99. The minimum atomic E-state index is -4.47. The van der Waals surface area contributed by atoms with Crippen molar-refractivity contribution < 1.29 is 26.4 Å². The Morgan fingerprint density at radius 3 is 2.04 bits per heavy atom. The van der Waals surface area contributed by atoms with Gasteiger partial charge in [-0.1, -0.05) is 0 Å². The van der Waals surface area contributed by atoms with Crippen LogP contribution in [0.5, 0.6) is 0 Å². The molecule has 5 nitrogen and oxygen atoms in total. The molecule has 0 aromatic heterocycles. The first-order valence-electron chi connectivity index (χ1n) is 6.94. The highest BCUT2D eigenvalue weighted by molar-refractivity contribution is 7.91. The molecule has 0 unspecified atom stereocenters. The van der Waals surface area contributed by atoms with Crippen molar-refractivity contribution in [2.24, 2.45) is 0 Å². The second-order valence-corrected chi connectivity index (χ2v) is 8.28. The van der Waals surface area contributed by atoms with Crippen molar-refractivity contribution in [3.63, 3.8) is 0 Å². The molecular weight excluding hydrogens is 333 g/mol. The van der Waals surface area contributed by atoms with Crippen LogP contribution in [0, 0.1) is 0 Å². The summed E-state index contributed by atoms with van der Waals surface area (Å²) in [6, 6.07) is 3.83. The molecule has 0 atom stereocenters. The van der Waals surface area contributed by atoms with Crippen LogP contribution in [-0.4, -0.2) is 36.5 Å². The van der Waals surface area contributed by atoms with E-state index in [2.05, 4.69) is 5.32 Å². The summed E-state index contributed by atoms with van der Waals surface area (Å²) in [5.74, 6) is -0.788. The molecule has 0 spiro atoms. The van der Waals surface area contributed by atoms with Crippen molar-refractivity contribution in [3.8, 4) is 0 Å². The molecule has 23 heavy (non-hydrogen) atoms. The smallest absolute Gasteiger partial charge is 0.325 e. The van der Waals surface area contributed by atoms with Crippen LogP contribution in [0.25, 0.3) is 0 Å². The van der Waals surface area contributed by atoms with Gasteiger partial charge in [0, 0.05) is 18.8 Å². The van der Waals surface area contributed by atoms with Crippen LogP contribution >= 0.6 is 0 Å². The average Bonchev–Trinajstić information content (AvgIpc) is 2.35. The summed E-state index contributed by atoms with van der Waals surface area (Å²) in [6.07, 6.45) is -3.72.